The fraction of sp³-hybridized carbons (Fsp3) is 0.412. The minimum absolute atomic E-state index is 0.0637. The van der Waals surface area contributed by atoms with Crippen molar-refractivity contribution in [2.75, 3.05) is 26.7 Å². The number of ether oxygens (including phenoxy) is 1. The molecule has 2 rings (SSSR count). The molecule has 6 heteroatoms. The molecule has 124 valence electrons. The van der Waals surface area contributed by atoms with Gasteiger partial charge in [0, 0.05) is 19.2 Å². The first-order chi connectivity index (χ1) is 11.1. The number of rotatable bonds is 6. The maximum atomic E-state index is 12.5. The fourth-order valence-corrected chi connectivity index (χ4v) is 2.39. The van der Waals surface area contributed by atoms with Crippen LogP contribution in [0.15, 0.2) is 30.1 Å². The van der Waals surface area contributed by atoms with E-state index in [1.165, 1.54) is 4.90 Å². The van der Waals surface area contributed by atoms with Crippen LogP contribution in [0, 0.1) is 0 Å². The quantitative estimate of drug-likeness (QED) is 0.873. The number of carbonyl (C=O) groups is 2. The van der Waals surface area contributed by atoms with Crippen molar-refractivity contribution in [2.45, 2.75) is 19.8 Å². The Kier molecular flexibility index (Phi) is 5.73. The Balaban J connectivity index is 2.08. The Morgan fingerprint density at radius 2 is 2.26 bits per heavy atom. The molecule has 0 aliphatic carbocycles. The van der Waals surface area contributed by atoms with E-state index >= 15 is 0 Å². The molecular weight excluding hydrogens is 299 g/mol. The second kappa shape index (κ2) is 7.76. The minimum Gasteiger partial charge on any atom is -0.489 e. The molecule has 0 radical (unpaired) electrons. The van der Waals surface area contributed by atoms with Gasteiger partial charge in [-0.15, -0.1) is 0 Å². The van der Waals surface area contributed by atoms with Crippen LogP contribution in [0.5, 0.6) is 5.75 Å². The molecule has 0 atom stereocenters. The van der Waals surface area contributed by atoms with Gasteiger partial charge in [0.05, 0.1) is 12.9 Å². The molecule has 0 spiro atoms. The number of amides is 2. The highest BCUT2D eigenvalue weighted by Crippen LogP contribution is 2.24. The number of likely N-dealkylation sites (N-methyl/N-ethyl adjacent to an activating group) is 1. The average Bonchev–Trinajstić information content (AvgIpc) is 2.58. The first kappa shape index (κ1) is 17.0. The van der Waals surface area contributed by atoms with Crippen LogP contribution in [-0.2, 0) is 11.2 Å². The molecule has 0 saturated carbocycles. The Bertz CT molecular complexity index is 628. The summed E-state index contributed by atoms with van der Waals surface area (Å²) >= 11 is 0. The third-order valence-electron chi connectivity index (χ3n) is 3.89. The first-order valence-electron chi connectivity index (χ1n) is 7.62. The lowest BCUT2D eigenvalue weighted by molar-refractivity contribution is -0.121. The summed E-state index contributed by atoms with van der Waals surface area (Å²) in [5.41, 5.74) is 2.06. The first-order valence-corrected chi connectivity index (χ1v) is 7.62. The Labute approximate surface area is 135 Å². The predicted octanol–water partition coefficient (Wildman–Crippen LogP) is 2.07. The zero-order valence-electron chi connectivity index (χ0n) is 13.4. The maximum absolute atomic E-state index is 12.5. The molecule has 1 heterocycles. The van der Waals surface area contributed by atoms with E-state index in [4.69, 9.17) is 4.74 Å². The predicted molar refractivity (Wildman–Crippen MR) is 85.1 cm³/mol. The molecular formula is C17H21FN2O3. The molecule has 1 aromatic rings. The van der Waals surface area contributed by atoms with E-state index in [0.29, 0.717) is 42.6 Å². The summed E-state index contributed by atoms with van der Waals surface area (Å²) in [7, 11) is 1.55. The third kappa shape index (κ3) is 4.09. The average molecular weight is 320 g/mol. The van der Waals surface area contributed by atoms with Gasteiger partial charge in [-0.05, 0) is 42.2 Å². The number of nitrogens with one attached hydrogen (secondary N) is 1. The molecule has 2 amide bonds. The second-order valence-corrected chi connectivity index (χ2v) is 5.38. The van der Waals surface area contributed by atoms with E-state index in [-0.39, 0.29) is 25.0 Å². The van der Waals surface area contributed by atoms with Crippen LogP contribution in [0.25, 0.3) is 0 Å². The van der Waals surface area contributed by atoms with E-state index in [0.717, 1.165) is 5.56 Å². The molecule has 1 aliphatic heterocycles. The molecule has 0 saturated heterocycles. The van der Waals surface area contributed by atoms with Crippen molar-refractivity contribution in [1.82, 2.24) is 10.2 Å². The number of hydrogen-bond acceptors (Lipinski definition) is 3. The highest BCUT2D eigenvalue weighted by atomic mass is 19.1. The van der Waals surface area contributed by atoms with Crippen LogP contribution < -0.4 is 10.1 Å². The number of nitrogens with zero attached hydrogens (tertiary/aromatic N) is 1. The Morgan fingerprint density at radius 1 is 1.48 bits per heavy atom. The number of fused-ring (bicyclic) bond motifs is 1. The molecule has 1 aromatic carbocycles. The summed E-state index contributed by atoms with van der Waals surface area (Å²) in [5.74, 6) is 0.273. The Morgan fingerprint density at radius 3 is 2.91 bits per heavy atom. The molecule has 5 nitrogen and oxygen atoms in total. The zero-order chi connectivity index (χ0) is 16.8. The van der Waals surface area contributed by atoms with Crippen molar-refractivity contribution in [3.63, 3.8) is 0 Å². The van der Waals surface area contributed by atoms with Gasteiger partial charge in [-0.3, -0.25) is 9.59 Å². The van der Waals surface area contributed by atoms with Crippen molar-refractivity contribution in [3.8, 4) is 5.75 Å². The SMILES string of the molecule is CC/C(=C/F)COc1ccc2c(c1)CCN(CC(=O)NC)C2=O. The van der Waals surface area contributed by atoms with E-state index in [2.05, 4.69) is 5.32 Å². The van der Waals surface area contributed by atoms with Gasteiger partial charge >= 0.3 is 0 Å². The van der Waals surface area contributed by atoms with E-state index < -0.39 is 0 Å². The van der Waals surface area contributed by atoms with Gasteiger partial charge in [0.15, 0.2) is 0 Å². The van der Waals surface area contributed by atoms with Crippen molar-refractivity contribution in [2.24, 2.45) is 0 Å². The number of halogens is 1. The van der Waals surface area contributed by atoms with Crippen LogP contribution in [0.1, 0.15) is 29.3 Å². The van der Waals surface area contributed by atoms with E-state index in [1.807, 2.05) is 13.0 Å². The van der Waals surface area contributed by atoms with E-state index in [9.17, 15) is 14.0 Å². The molecule has 1 N–H and O–H groups in total. The van der Waals surface area contributed by atoms with Gasteiger partial charge in [0.1, 0.15) is 12.4 Å². The summed E-state index contributed by atoms with van der Waals surface area (Å²) in [5, 5.41) is 2.52. The number of benzene rings is 1. The molecule has 0 fully saturated rings. The lowest BCUT2D eigenvalue weighted by atomic mass is 9.98. The van der Waals surface area contributed by atoms with Gasteiger partial charge in [-0.1, -0.05) is 6.92 Å². The highest BCUT2D eigenvalue weighted by molar-refractivity contribution is 5.98. The van der Waals surface area contributed by atoms with Crippen LogP contribution in [0.4, 0.5) is 4.39 Å². The smallest absolute Gasteiger partial charge is 0.254 e. The highest BCUT2D eigenvalue weighted by Gasteiger charge is 2.25. The summed E-state index contributed by atoms with van der Waals surface area (Å²) in [4.78, 5) is 25.4. The summed E-state index contributed by atoms with van der Waals surface area (Å²) in [6, 6.07) is 5.22. The third-order valence-corrected chi connectivity index (χ3v) is 3.89. The van der Waals surface area contributed by atoms with Crippen LogP contribution in [-0.4, -0.2) is 43.5 Å². The lowest BCUT2D eigenvalue weighted by Gasteiger charge is -2.28. The minimum atomic E-state index is -0.188. The fourth-order valence-electron chi connectivity index (χ4n) is 2.39. The second-order valence-electron chi connectivity index (χ2n) is 5.38. The van der Waals surface area contributed by atoms with Crippen molar-refractivity contribution >= 4 is 11.8 Å². The van der Waals surface area contributed by atoms with Crippen molar-refractivity contribution in [3.05, 3.63) is 41.2 Å². The van der Waals surface area contributed by atoms with Crippen molar-refractivity contribution in [1.29, 1.82) is 0 Å². The molecule has 0 bridgehead atoms. The number of carbonyl (C=O) groups excluding carboxylic acids is 2. The van der Waals surface area contributed by atoms with Gasteiger partial charge in [-0.25, -0.2) is 4.39 Å². The van der Waals surface area contributed by atoms with Gasteiger partial charge < -0.3 is 15.0 Å². The molecule has 0 unspecified atom stereocenters. The van der Waals surface area contributed by atoms with Gasteiger partial charge in [0.25, 0.3) is 5.91 Å². The topological polar surface area (TPSA) is 58.6 Å². The summed E-state index contributed by atoms with van der Waals surface area (Å²) in [6.45, 7) is 2.62. The normalized spacial score (nSPS) is 14.5. The van der Waals surface area contributed by atoms with Crippen LogP contribution in [0.2, 0.25) is 0 Å². The largest absolute Gasteiger partial charge is 0.489 e. The maximum Gasteiger partial charge on any atom is 0.254 e. The zero-order valence-corrected chi connectivity index (χ0v) is 13.4. The van der Waals surface area contributed by atoms with E-state index in [1.54, 1.807) is 19.2 Å². The van der Waals surface area contributed by atoms with Gasteiger partial charge in [-0.2, -0.15) is 0 Å². The molecule has 0 aromatic heterocycles. The van der Waals surface area contributed by atoms with Crippen molar-refractivity contribution < 1.29 is 18.7 Å². The standard InChI is InChI=1S/C17H21FN2O3/c1-3-12(9-18)11-23-14-4-5-15-13(8-14)6-7-20(17(15)22)10-16(21)19-2/h4-5,8-9H,3,6-7,10-11H2,1-2H3,(H,19,21)/b12-9-. The lowest BCUT2D eigenvalue weighted by Crippen LogP contribution is -2.43. The monoisotopic (exact) mass is 320 g/mol. The Hall–Kier alpha value is -2.37. The molecule has 23 heavy (non-hydrogen) atoms. The summed E-state index contributed by atoms with van der Waals surface area (Å²) in [6.07, 6.45) is 1.82. The van der Waals surface area contributed by atoms with Crippen LogP contribution in [0.3, 0.4) is 0 Å². The van der Waals surface area contributed by atoms with Crippen LogP contribution >= 0.6 is 0 Å². The molecule has 1 aliphatic rings. The summed E-state index contributed by atoms with van der Waals surface area (Å²) < 4.78 is 18.1. The van der Waals surface area contributed by atoms with Gasteiger partial charge in [0.2, 0.25) is 5.91 Å². The number of hydrogen-bond donors (Lipinski definition) is 1.